The van der Waals surface area contributed by atoms with Crippen LogP contribution < -0.4 is 0 Å². The molecule has 3 rings (SSSR count). The van der Waals surface area contributed by atoms with E-state index >= 15 is 0 Å². The zero-order chi connectivity index (χ0) is 19.2. The zero-order valence-corrected chi connectivity index (χ0v) is 16.3. The Balaban J connectivity index is 1.63. The lowest BCUT2D eigenvalue weighted by Crippen LogP contribution is -2.36. The summed E-state index contributed by atoms with van der Waals surface area (Å²) < 4.78 is 5.79. The van der Waals surface area contributed by atoms with Crippen LogP contribution in [-0.4, -0.2) is 21.8 Å². The minimum atomic E-state index is 0.0892. The van der Waals surface area contributed by atoms with E-state index in [1.807, 2.05) is 73.3 Å². The van der Waals surface area contributed by atoms with Crippen molar-refractivity contribution in [3.05, 3.63) is 77.3 Å². The van der Waals surface area contributed by atoms with E-state index in [1.165, 1.54) is 0 Å². The molecule has 0 bridgehead atoms. The van der Waals surface area contributed by atoms with Gasteiger partial charge in [0.05, 0.1) is 11.2 Å². The van der Waals surface area contributed by atoms with Gasteiger partial charge in [-0.15, -0.1) is 0 Å². The van der Waals surface area contributed by atoms with Crippen LogP contribution in [0.3, 0.4) is 0 Å². The van der Waals surface area contributed by atoms with Crippen LogP contribution in [0.2, 0.25) is 5.02 Å². The highest BCUT2D eigenvalue weighted by Gasteiger charge is 2.18. The molecule has 140 valence electrons. The summed E-state index contributed by atoms with van der Waals surface area (Å²) in [6.07, 6.45) is 2.47. The van der Waals surface area contributed by atoms with E-state index in [-0.39, 0.29) is 11.9 Å². The number of amides is 1. The maximum Gasteiger partial charge on any atom is 0.223 e. The number of aryl methyl sites for hydroxylation is 1. The molecule has 0 aliphatic rings. The molecule has 0 aliphatic heterocycles. The van der Waals surface area contributed by atoms with Crippen molar-refractivity contribution < 1.29 is 9.21 Å². The molecular weight excluding hydrogens is 360 g/mol. The molecule has 5 heteroatoms. The fourth-order valence-electron chi connectivity index (χ4n) is 2.91. The molecule has 0 N–H and O–H groups in total. The summed E-state index contributed by atoms with van der Waals surface area (Å²) in [5.74, 6) is 1.25. The predicted octanol–water partition coefficient (Wildman–Crippen LogP) is 5.36. The average molecular weight is 383 g/mol. The number of halogens is 1. The van der Waals surface area contributed by atoms with E-state index in [2.05, 4.69) is 4.98 Å². The fraction of sp³-hybridized carbons (Fsp3) is 0.273. The van der Waals surface area contributed by atoms with Gasteiger partial charge in [-0.2, -0.15) is 0 Å². The van der Waals surface area contributed by atoms with E-state index < -0.39 is 0 Å². The van der Waals surface area contributed by atoms with Crippen molar-refractivity contribution >= 4 is 17.5 Å². The standard InChI is InChI=1S/C22H23ClN2O2/c1-16(2)25(15-17-8-4-3-5-9-17)22(26)13-12-21-24-14-20(27-21)18-10-6-7-11-19(18)23/h3-11,14,16H,12-13,15H2,1-2H3. The van der Waals surface area contributed by atoms with Crippen LogP contribution in [0.4, 0.5) is 0 Å². The number of nitrogens with zero attached hydrogens (tertiary/aromatic N) is 2. The number of aromatic nitrogens is 1. The highest BCUT2D eigenvalue weighted by atomic mass is 35.5. The lowest BCUT2D eigenvalue weighted by molar-refractivity contribution is -0.133. The van der Waals surface area contributed by atoms with Gasteiger partial charge in [0.1, 0.15) is 0 Å². The molecule has 0 radical (unpaired) electrons. The quantitative estimate of drug-likeness (QED) is 0.552. The molecule has 1 heterocycles. The van der Waals surface area contributed by atoms with Gasteiger partial charge in [-0.3, -0.25) is 4.79 Å². The Hall–Kier alpha value is -2.59. The monoisotopic (exact) mass is 382 g/mol. The summed E-state index contributed by atoms with van der Waals surface area (Å²) in [5.41, 5.74) is 1.92. The zero-order valence-electron chi connectivity index (χ0n) is 15.6. The maximum atomic E-state index is 12.7. The van der Waals surface area contributed by atoms with Crippen molar-refractivity contribution in [1.82, 2.24) is 9.88 Å². The van der Waals surface area contributed by atoms with Crippen LogP contribution in [0.15, 0.2) is 65.2 Å². The molecule has 0 unspecified atom stereocenters. The minimum Gasteiger partial charge on any atom is -0.441 e. The topological polar surface area (TPSA) is 46.3 Å². The first-order chi connectivity index (χ1) is 13.0. The van der Waals surface area contributed by atoms with Gasteiger partial charge in [-0.05, 0) is 31.5 Å². The van der Waals surface area contributed by atoms with Gasteiger partial charge >= 0.3 is 0 Å². The van der Waals surface area contributed by atoms with Crippen LogP contribution in [0.5, 0.6) is 0 Å². The SMILES string of the molecule is CC(C)N(Cc1ccccc1)C(=O)CCc1ncc(-c2ccccc2Cl)o1. The maximum absolute atomic E-state index is 12.7. The van der Waals surface area contributed by atoms with E-state index in [9.17, 15) is 4.79 Å². The van der Waals surface area contributed by atoms with Crippen molar-refractivity contribution in [3.63, 3.8) is 0 Å². The lowest BCUT2D eigenvalue weighted by Gasteiger charge is -2.27. The molecule has 1 amide bonds. The number of carbonyl (C=O) groups excluding carboxylic acids is 1. The van der Waals surface area contributed by atoms with Crippen LogP contribution in [0.25, 0.3) is 11.3 Å². The van der Waals surface area contributed by atoms with Gasteiger partial charge in [-0.25, -0.2) is 4.98 Å². The Bertz CT molecular complexity index is 890. The van der Waals surface area contributed by atoms with Gasteiger partial charge in [0, 0.05) is 31.0 Å². The van der Waals surface area contributed by atoms with Gasteiger partial charge in [0.15, 0.2) is 11.7 Å². The Kier molecular flexibility index (Phi) is 6.30. The smallest absolute Gasteiger partial charge is 0.223 e. The van der Waals surface area contributed by atoms with Gasteiger partial charge in [-0.1, -0.05) is 54.1 Å². The molecule has 0 atom stereocenters. The summed E-state index contributed by atoms with van der Waals surface area (Å²) >= 11 is 6.20. The molecule has 0 aliphatic carbocycles. The second kappa shape index (κ2) is 8.87. The first-order valence-electron chi connectivity index (χ1n) is 9.07. The van der Waals surface area contributed by atoms with E-state index in [0.29, 0.717) is 36.1 Å². The third-order valence-corrected chi connectivity index (χ3v) is 4.71. The van der Waals surface area contributed by atoms with Crippen molar-refractivity contribution in [1.29, 1.82) is 0 Å². The summed E-state index contributed by atoms with van der Waals surface area (Å²) in [6, 6.07) is 17.6. The average Bonchev–Trinajstić information content (AvgIpc) is 3.14. The van der Waals surface area contributed by atoms with Crippen LogP contribution in [0, 0.1) is 0 Å². The van der Waals surface area contributed by atoms with Crippen LogP contribution in [-0.2, 0) is 17.8 Å². The normalized spacial score (nSPS) is 11.0. The molecule has 2 aromatic carbocycles. The fourth-order valence-corrected chi connectivity index (χ4v) is 3.14. The molecule has 4 nitrogen and oxygen atoms in total. The van der Waals surface area contributed by atoms with Crippen molar-refractivity contribution in [2.75, 3.05) is 0 Å². The number of rotatable bonds is 7. The molecule has 0 saturated heterocycles. The number of oxazole rings is 1. The molecule has 1 aromatic heterocycles. The van der Waals surface area contributed by atoms with Gasteiger partial charge in [0.2, 0.25) is 5.91 Å². The summed E-state index contributed by atoms with van der Waals surface area (Å²) in [7, 11) is 0. The predicted molar refractivity (Wildman–Crippen MR) is 107 cm³/mol. The molecule has 0 saturated carbocycles. The van der Waals surface area contributed by atoms with E-state index in [1.54, 1.807) is 6.20 Å². The number of benzene rings is 2. The van der Waals surface area contributed by atoms with Crippen molar-refractivity contribution in [2.45, 2.75) is 39.3 Å². The molecule has 0 fully saturated rings. The molecule has 3 aromatic rings. The highest BCUT2D eigenvalue weighted by molar-refractivity contribution is 6.33. The number of hydrogen-bond donors (Lipinski definition) is 0. The second-order valence-electron chi connectivity index (χ2n) is 6.70. The number of hydrogen-bond acceptors (Lipinski definition) is 3. The molecule has 27 heavy (non-hydrogen) atoms. The molecule has 0 spiro atoms. The Morgan fingerprint density at radius 2 is 1.81 bits per heavy atom. The van der Waals surface area contributed by atoms with Crippen molar-refractivity contribution in [2.24, 2.45) is 0 Å². The van der Waals surface area contributed by atoms with E-state index in [0.717, 1.165) is 11.1 Å². The minimum absolute atomic E-state index is 0.0892. The highest BCUT2D eigenvalue weighted by Crippen LogP contribution is 2.28. The summed E-state index contributed by atoms with van der Waals surface area (Å²) in [6.45, 7) is 4.66. The Morgan fingerprint density at radius 3 is 2.52 bits per heavy atom. The second-order valence-corrected chi connectivity index (χ2v) is 7.11. The van der Waals surface area contributed by atoms with Gasteiger partial charge in [0.25, 0.3) is 0 Å². The Labute approximate surface area is 164 Å². The van der Waals surface area contributed by atoms with Crippen LogP contribution in [0.1, 0.15) is 31.7 Å². The largest absolute Gasteiger partial charge is 0.441 e. The molecular formula is C22H23ClN2O2. The third kappa shape index (κ3) is 4.98. The Morgan fingerprint density at radius 1 is 1.11 bits per heavy atom. The summed E-state index contributed by atoms with van der Waals surface area (Å²) in [5, 5.41) is 0.616. The van der Waals surface area contributed by atoms with Crippen molar-refractivity contribution in [3.8, 4) is 11.3 Å². The first-order valence-corrected chi connectivity index (χ1v) is 9.45. The first kappa shape index (κ1) is 19.2. The lowest BCUT2D eigenvalue weighted by atomic mass is 10.1. The van der Waals surface area contributed by atoms with Crippen LogP contribution >= 0.6 is 11.6 Å². The van der Waals surface area contributed by atoms with Gasteiger partial charge < -0.3 is 9.32 Å². The third-order valence-electron chi connectivity index (χ3n) is 4.39. The van der Waals surface area contributed by atoms with E-state index in [4.69, 9.17) is 16.0 Å². The summed E-state index contributed by atoms with van der Waals surface area (Å²) in [4.78, 5) is 18.9. The number of carbonyl (C=O) groups is 1.